The summed E-state index contributed by atoms with van der Waals surface area (Å²) in [6.07, 6.45) is 3.64. The summed E-state index contributed by atoms with van der Waals surface area (Å²) in [7, 11) is 0. The van der Waals surface area contributed by atoms with Crippen LogP contribution in [0.4, 0.5) is 0 Å². The number of benzene rings is 1. The molecule has 3 heteroatoms. The molecule has 2 rings (SSSR count). The maximum Gasteiger partial charge on any atom is 0.175 e. The topological polar surface area (TPSA) is 47.3 Å². The zero-order valence-electron chi connectivity index (χ0n) is 7.94. The maximum atomic E-state index is 5.57. The summed E-state index contributed by atoms with van der Waals surface area (Å²) in [6, 6.07) is 8.12. The van der Waals surface area contributed by atoms with Gasteiger partial charge in [-0.3, -0.25) is 5.32 Å². The van der Waals surface area contributed by atoms with Crippen molar-refractivity contribution >= 4 is 0 Å². The van der Waals surface area contributed by atoms with Crippen LogP contribution in [0.2, 0.25) is 0 Å². The lowest BCUT2D eigenvalue weighted by Crippen LogP contribution is -2.25. The maximum absolute atomic E-state index is 5.57. The highest BCUT2D eigenvalue weighted by Crippen LogP contribution is 2.17. The summed E-state index contributed by atoms with van der Waals surface area (Å²) in [5.74, 6) is 0. The highest BCUT2D eigenvalue weighted by atomic mass is 16.5. The zero-order chi connectivity index (χ0) is 9.80. The molecule has 1 aliphatic heterocycles. The molecule has 0 saturated heterocycles. The molecule has 0 bridgehead atoms. The molecule has 3 nitrogen and oxygen atoms in total. The molecule has 1 aromatic rings. The SMILES string of the molecule is NCc1cccc(C2NCC=CO2)c1. The summed E-state index contributed by atoms with van der Waals surface area (Å²) < 4.78 is 5.43. The van der Waals surface area contributed by atoms with Crippen molar-refractivity contribution in [1.82, 2.24) is 5.32 Å². The monoisotopic (exact) mass is 190 g/mol. The molecule has 74 valence electrons. The van der Waals surface area contributed by atoms with Crippen LogP contribution < -0.4 is 11.1 Å². The van der Waals surface area contributed by atoms with E-state index in [9.17, 15) is 0 Å². The van der Waals surface area contributed by atoms with E-state index in [0.29, 0.717) is 6.54 Å². The van der Waals surface area contributed by atoms with E-state index in [0.717, 1.165) is 17.7 Å². The number of rotatable bonds is 2. The standard InChI is InChI=1S/C11H14N2O/c12-8-9-3-1-4-10(7-9)11-13-5-2-6-14-11/h1-4,6-7,11,13H,5,8,12H2. The van der Waals surface area contributed by atoms with Crippen LogP contribution in [0, 0.1) is 0 Å². The summed E-state index contributed by atoms with van der Waals surface area (Å²) in [4.78, 5) is 0. The van der Waals surface area contributed by atoms with Gasteiger partial charge in [0.1, 0.15) is 0 Å². The first kappa shape index (κ1) is 9.24. The lowest BCUT2D eigenvalue weighted by Gasteiger charge is -2.21. The second-order valence-electron chi connectivity index (χ2n) is 3.25. The Morgan fingerprint density at radius 3 is 3.14 bits per heavy atom. The van der Waals surface area contributed by atoms with E-state index >= 15 is 0 Å². The molecule has 1 aromatic carbocycles. The average molecular weight is 190 g/mol. The van der Waals surface area contributed by atoms with Crippen LogP contribution in [0.1, 0.15) is 17.4 Å². The Hall–Kier alpha value is -1.32. The largest absolute Gasteiger partial charge is 0.479 e. The van der Waals surface area contributed by atoms with Gasteiger partial charge in [0, 0.05) is 18.7 Å². The molecule has 14 heavy (non-hydrogen) atoms. The van der Waals surface area contributed by atoms with Crippen molar-refractivity contribution in [2.24, 2.45) is 5.73 Å². The third-order valence-corrected chi connectivity index (χ3v) is 2.22. The summed E-state index contributed by atoms with van der Waals surface area (Å²) in [5.41, 5.74) is 7.82. The normalized spacial score (nSPS) is 20.5. The Bertz CT molecular complexity index is 336. The molecule has 0 fully saturated rings. The molecular weight excluding hydrogens is 176 g/mol. The minimum atomic E-state index is -0.0356. The van der Waals surface area contributed by atoms with Crippen molar-refractivity contribution in [2.75, 3.05) is 6.54 Å². The van der Waals surface area contributed by atoms with Crippen molar-refractivity contribution in [2.45, 2.75) is 12.8 Å². The zero-order valence-corrected chi connectivity index (χ0v) is 7.94. The van der Waals surface area contributed by atoms with Gasteiger partial charge in [-0.15, -0.1) is 0 Å². The second kappa shape index (κ2) is 4.26. The summed E-state index contributed by atoms with van der Waals surface area (Å²) in [5, 5.41) is 3.24. The third-order valence-electron chi connectivity index (χ3n) is 2.22. The molecule has 1 heterocycles. The lowest BCUT2D eigenvalue weighted by molar-refractivity contribution is 0.103. The molecule has 0 spiro atoms. The van der Waals surface area contributed by atoms with Crippen LogP contribution in [-0.4, -0.2) is 6.54 Å². The Morgan fingerprint density at radius 2 is 2.43 bits per heavy atom. The van der Waals surface area contributed by atoms with Crippen molar-refractivity contribution in [3.8, 4) is 0 Å². The van der Waals surface area contributed by atoms with E-state index in [-0.39, 0.29) is 6.23 Å². The number of ether oxygens (including phenoxy) is 1. The molecular formula is C11H14N2O. The fourth-order valence-electron chi connectivity index (χ4n) is 1.49. The molecule has 0 saturated carbocycles. The number of nitrogens with one attached hydrogen (secondary N) is 1. The predicted molar refractivity (Wildman–Crippen MR) is 55.3 cm³/mol. The van der Waals surface area contributed by atoms with Gasteiger partial charge in [0.2, 0.25) is 0 Å². The fourth-order valence-corrected chi connectivity index (χ4v) is 1.49. The van der Waals surface area contributed by atoms with E-state index in [1.807, 2.05) is 24.3 Å². The molecule has 1 aliphatic rings. The van der Waals surface area contributed by atoms with Crippen LogP contribution in [0.5, 0.6) is 0 Å². The van der Waals surface area contributed by atoms with Crippen molar-refractivity contribution in [3.63, 3.8) is 0 Å². The molecule has 0 aromatic heterocycles. The molecule has 1 atom stereocenters. The Morgan fingerprint density at radius 1 is 1.50 bits per heavy atom. The number of hydrogen-bond donors (Lipinski definition) is 2. The highest BCUT2D eigenvalue weighted by Gasteiger charge is 2.12. The highest BCUT2D eigenvalue weighted by molar-refractivity contribution is 5.25. The van der Waals surface area contributed by atoms with Gasteiger partial charge in [0.25, 0.3) is 0 Å². The number of hydrogen-bond acceptors (Lipinski definition) is 3. The van der Waals surface area contributed by atoms with Gasteiger partial charge in [-0.05, 0) is 17.7 Å². The van der Waals surface area contributed by atoms with Crippen molar-refractivity contribution in [3.05, 3.63) is 47.7 Å². The van der Waals surface area contributed by atoms with E-state index in [1.165, 1.54) is 0 Å². The van der Waals surface area contributed by atoms with Gasteiger partial charge >= 0.3 is 0 Å². The third kappa shape index (κ3) is 1.95. The average Bonchev–Trinajstić information content (AvgIpc) is 2.30. The number of nitrogens with two attached hydrogens (primary N) is 1. The van der Waals surface area contributed by atoms with E-state index in [2.05, 4.69) is 11.4 Å². The molecule has 0 amide bonds. The van der Waals surface area contributed by atoms with Gasteiger partial charge in [-0.2, -0.15) is 0 Å². The van der Waals surface area contributed by atoms with Crippen LogP contribution in [-0.2, 0) is 11.3 Å². The lowest BCUT2D eigenvalue weighted by atomic mass is 10.1. The minimum absolute atomic E-state index is 0.0356. The van der Waals surface area contributed by atoms with Gasteiger partial charge in [0.05, 0.1) is 6.26 Å². The summed E-state index contributed by atoms with van der Waals surface area (Å²) in [6.45, 7) is 1.41. The second-order valence-corrected chi connectivity index (χ2v) is 3.25. The Balaban J connectivity index is 2.18. The molecule has 0 aliphatic carbocycles. The van der Waals surface area contributed by atoms with Crippen molar-refractivity contribution in [1.29, 1.82) is 0 Å². The molecule has 0 radical (unpaired) electrons. The fraction of sp³-hybridized carbons (Fsp3) is 0.273. The van der Waals surface area contributed by atoms with E-state index < -0.39 is 0 Å². The van der Waals surface area contributed by atoms with Crippen LogP contribution >= 0.6 is 0 Å². The van der Waals surface area contributed by atoms with Crippen LogP contribution in [0.3, 0.4) is 0 Å². The first-order valence-electron chi connectivity index (χ1n) is 4.73. The van der Waals surface area contributed by atoms with Gasteiger partial charge in [-0.1, -0.05) is 18.2 Å². The van der Waals surface area contributed by atoms with Gasteiger partial charge in [-0.25, -0.2) is 0 Å². The van der Waals surface area contributed by atoms with E-state index in [1.54, 1.807) is 6.26 Å². The Labute approximate surface area is 83.6 Å². The van der Waals surface area contributed by atoms with Crippen molar-refractivity contribution < 1.29 is 4.74 Å². The van der Waals surface area contributed by atoms with Gasteiger partial charge in [0.15, 0.2) is 6.23 Å². The smallest absolute Gasteiger partial charge is 0.175 e. The quantitative estimate of drug-likeness (QED) is 0.738. The van der Waals surface area contributed by atoms with Crippen LogP contribution in [0.25, 0.3) is 0 Å². The van der Waals surface area contributed by atoms with E-state index in [4.69, 9.17) is 10.5 Å². The minimum Gasteiger partial charge on any atom is -0.479 e. The first-order valence-corrected chi connectivity index (χ1v) is 4.73. The first-order chi connectivity index (χ1) is 6.90. The van der Waals surface area contributed by atoms with Gasteiger partial charge < -0.3 is 10.5 Å². The summed E-state index contributed by atoms with van der Waals surface area (Å²) >= 11 is 0. The molecule has 1 unspecified atom stereocenters. The molecule has 3 N–H and O–H groups in total. The predicted octanol–water partition coefficient (Wildman–Crippen LogP) is 1.28. The Kier molecular flexibility index (Phi) is 2.81. The van der Waals surface area contributed by atoms with Crippen LogP contribution in [0.15, 0.2) is 36.6 Å².